The second kappa shape index (κ2) is 6.81. The van der Waals surface area contributed by atoms with Crippen molar-refractivity contribution in [3.63, 3.8) is 0 Å². The summed E-state index contributed by atoms with van der Waals surface area (Å²) in [6, 6.07) is 0. The molecule has 2 bridgehead atoms. The van der Waals surface area contributed by atoms with Crippen molar-refractivity contribution >= 4 is 17.7 Å². The Kier molecular flexibility index (Phi) is 4.82. The third-order valence-electron chi connectivity index (χ3n) is 5.21. The van der Waals surface area contributed by atoms with Gasteiger partial charge >= 0.3 is 11.9 Å². The van der Waals surface area contributed by atoms with Gasteiger partial charge in [-0.2, -0.15) is 0 Å². The molecule has 1 fully saturated rings. The Labute approximate surface area is 157 Å². The van der Waals surface area contributed by atoms with Crippen LogP contribution in [0.3, 0.4) is 0 Å². The molecule has 0 amide bonds. The maximum absolute atomic E-state index is 12.4. The lowest BCUT2D eigenvalue weighted by Gasteiger charge is -2.29. The first-order valence-electron chi connectivity index (χ1n) is 8.71. The quantitative estimate of drug-likeness (QED) is 0.591. The van der Waals surface area contributed by atoms with Crippen LogP contribution in [0.1, 0.15) is 27.2 Å². The molecule has 0 aromatic carbocycles. The summed E-state index contributed by atoms with van der Waals surface area (Å²) in [6.07, 6.45) is 3.03. The van der Waals surface area contributed by atoms with Gasteiger partial charge in [-0.1, -0.05) is 12.7 Å². The Hall–Kier alpha value is -2.67. The van der Waals surface area contributed by atoms with Crippen LogP contribution >= 0.6 is 0 Å². The van der Waals surface area contributed by atoms with Gasteiger partial charge in [0.15, 0.2) is 5.60 Å². The van der Waals surface area contributed by atoms with Gasteiger partial charge in [0, 0.05) is 18.1 Å². The molecule has 3 rings (SSSR count). The van der Waals surface area contributed by atoms with Gasteiger partial charge in [-0.3, -0.25) is 4.79 Å². The van der Waals surface area contributed by atoms with Crippen LogP contribution in [0.4, 0.5) is 0 Å². The van der Waals surface area contributed by atoms with E-state index in [9.17, 15) is 19.5 Å². The predicted molar refractivity (Wildman–Crippen MR) is 94.2 cm³/mol. The van der Waals surface area contributed by atoms with Crippen molar-refractivity contribution in [1.29, 1.82) is 0 Å². The summed E-state index contributed by atoms with van der Waals surface area (Å²) in [4.78, 5) is 36.9. The maximum atomic E-state index is 12.4. The van der Waals surface area contributed by atoms with E-state index in [1.165, 1.54) is 12.2 Å². The van der Waals surface area contributed by atoms with Crippen molar-refractivity contribution in [2.75, 3.05) is 6.61 Å². The van der Waals surface area contributed by atoms with Gasteiger partial charge in [-0.25, -0.2) is 9.59 Å². The molecule has 0 saturated carbocycles. The van der Waals surface area contributed by atoms with Crippen LogP contribution in [0, 0.1) is 5.92 Å². The number of hydrogen-bond acceptors (Lipinski definition) is 7. The molecule has 0 aliphatic carbocycles. The number of aliphatic hydroxyl groups excluding tert-OH is 1. The summed E-state index contributed by atoms with van der Waals surface area (Å²) in [5.41, 5.74) is -0.275. The Morgan fingerprint density at radius 1 is 1.48 bits per heavy atom. The molecule has 7 nitrogen and oxygen atoms in total. The lowest BCUT2D eigenvalue weighted by molar-refractivity contribution is -0.148. The molecule has 0 aromatic heterocycles. The second-order valence-electron chi connectivity index (χ2n) is 7.10. The van der Waals surface area contributed by atoms with E-state index < -0.39 is 42.3 Å². The van der Waals surface area contributed by atoms with E-state index >= 15 is 0 Å². The zero-order valence-corrected chi connectivity index (χ0v) is 15.5. The fourth-order valence-electron chi connectivity index (χ4n) is 3.55. The molecule has 0 radical (unpaired) electrons. The molecule has 0 spiro atoms. The largest absolute Gasteiger partial charge is 0.479 e. The maximum Gasteiger partial charge on any atom is 0.336 e. The van der Waals surface area contributed by atoms with Gasteiger partial charge in [0.2, 0.25) is 5.78 Å². The van der Waals surface area contributed by atoms with Crippen LogP contribution in [-0.4, -0.2) is 47.2 Å². The number of fused-ring (bicyclic) bond motifs is 3. The minimum absolute atomic E-state index is 0.104. The number of carbonyl (C=O) groups is 3. The van der Waals surface area contributed by atoms with Crippen LogP contribution in [-0.2, 0) is 28.6 Å². The van der Waals surface area contributed by atoms with Gasteiger partial charge in [-0.15, -0.1) is 0 Å². The van der Waals surface area contributed by atoms with Gasteiger partial charge in [0.1, 0.15) is 18.0 Å². The smallest absolute Gasteiger partial charge is 0.336 e. The number of aliphatic hydroxyl groups is 1. The van der Waals surface area contributed by atoms with Crippen molar-refractivity contribution < 1.29 is 33.7 Å². The van der Waals surface area contributed by atoms with Gasteiger partial charge in [0.25, 0.3) is 0 Å². The number of carbonyl (C=O) groups excluding carboxylic acids is 3. The molecule has 144 valence electrons. The number of allylic oxidation sites excluding steroid dienone is 2. The van der Waals surface area contributed by atoms with E-state index in [1.807, 2.05) is 0 Å². The van der Waals surface area contributed by atoms with Crippen LogP contribution in [0.5, 0.6) is 0 Å². The van der Waals surface area contributed by atoms with Crippen molar-refractivity contribution in [3.8, 4) is 0 Å². The zero-order valence-electron chi connectivity index (χ0n) is 15.5. The molecule has 1 N–H and O–H groups in total. The molecule has 3 aliphatic heterocycles. The van der Waals surface area contributed by atoms with Crippen LogP contribution in [0.15, 0.2) is 47.3 Å². The lowest BCUT2D eigenvalue weighted by atomic mass is 9.83. The van der Waals surface area contributed by atoms with E-state index in [4.69, 9.17) is 14.2 Å². The van der Waals surface area contributed by atoms with Crippen LogP contribution < -0.4 is 0 Å². The average molecular weight is 374 g/mol. The first-order valence-corrected chi connectivity index (χ1v) is 8.71. The van der Waals surface area contributed by atoms with Gasteiger partial charge in [-0.05, 0) is 32.4 Å². The number of ketones is 1. The first kappa shape index (κ1) is 19.1. The topological polar surface area (TPSA) is 99.1 Å². The van der Waals surface area contributed by atoms with Crippen LogP contribution in [0.25, 0.3) is 0 Å². The standard InChI is InChI=1S/C20H22O7/c1-5-12(9-21)19(24)25-14-6-10(2)13-7-16(22)20(4,27-13)8-15-17(14)11(3)18(23)26-15/h5-7,14-15,17,21H,3,8-9H2,1-2,4H3. The normalized spacial score (nSPS) is 33.1. The van der Waals surface area contributed by atoms with Crippen LogP contribution in [0.2, 0.25) is 0 Å². The van der Waals surface area contributed by atoms with E-state index in [0.717, 1.165) is 0 Å². The van der Waals surface area contributed by atoms with E-state index in [1.54, 1.807) is 26.8 Å². The predicted octanol–water partition coefficient (Wildman–Crippen LogP) is 1.53. The monoisotopic (exact) mass is 374 g/mol. The second-order valence-corrected chi connectivity index (χ2v) is 7.10. The highest BCUT2D eigenvalue weighted by atomic mass is 16.6. The highest BCUT2D eigenvalue weighted by Gasteiger charge is 2.52. The minimum Gasteiger partial charge on any atom is -0.479 e. The summed E-state index contributed by atoms with van der Waals surface area (Å²) < 4.78 is 16.9. The van der Waals surface area contributed by atoms with Gasteiger partial charge in [0.05, 0.1) is 18.1 Å². The fourth-order valence-corrected chi connectivity index (χ4v) is 3.55. The molecule has 7 heteroatoms. The number of hydrogen-bond donors (Lipinski definition) is 1. The molecule has 3 heterocycles. The van der Waals surface area contributed by atoms with Crippen molar-refractivity contribution in [1.82, 2.24) is 0 Å². The summed E-state index contributed by atoms with van der Waals surface area (Å²) in [7, 11) is 0. The highest BCUT2D eigenvalue weighted by molar-refractivity contribution is 6.00. The first-order chi connectivity index (χ1) is 12.7. The fraction of sp³-hybridized carbons (Fsp3) is 0.450. The molecule has 4 unspecified atom stereocenters. The molecule has 4 atom stereocenters. The summed E-state index contributed by atoms with van der Waals surface area (Å²) in [5.74, 6) is -1.74. The molecular weight excluding hydrogens is 352 g/mol. The number of rotatable bonds is 3. The molecule has 3 aliphatic rings. The zero-order chi connectivity index (χ0) is 19.9. The molecule has 1 saturated heterocycles. The SMILES string of the molecule is C=C1C(=O)OC2CC3(C)OC(=CC3=O)C(C)=CC(OC(=O)C(=CC)CO)C12. The molecule has 27 heavy (non-hydrogen) atoms. The third kappa shape index (κ3) is 3.23. The van der Waals surface area contributed by atoms with Crippen molar-refractivity contribution in [2.24, 2.45) is 5.92 Å². The average Bonchev–Trinajstić information content (AvgIpc) is 3.05. The number of esters is 2. The number of ether oxygens (including phenoxy) is 3. The molecular formula is C20H22O7. The summed E-state index contributed by atoms with van der Waals surface area (Å²) in [5, 5.41) is 9.31. The van der Waals surface area contributed by atoms with E-state index in [-0.39, 0.29) is 23.4 Å². The highest BCUT2D eigenvalue weighted by Crippen LogP contribution is 2.42. The minimum atomic E-state index is -1.16. The van der Waals surface area contributed by atoms with Crippen molar-refractivity contribution in [3.05, 3.63) is 47.3 Å². The van der Waals surface area contributed by atoms with E-state index in [0.29, 0.717) is 11.3 Å². The Balaban J connectivity index is 2.04. The van der Waals surface area contributed by atoms with E-state index in [2.05, 4.69) is 6.58 Å². The van der Waals surface area contributed by atoms with Crippen molar-refractivity contribution in [2.45, 2.75) is 45.0 Å². The third-order valence-corrected chi connectivity index (χ3v) is 5.21. The summed E-state index contributed by atoms with van der Waals surface area (Å²) in [6.45, 7) is 8.33. The molecule has 0 aromatic rings. The lowest BCUT2D eigenvalue weighted by Crippen LogP contribution is -2.41. The Bertz CT molecular complexity index is 816. The van der Waals surface area contributed by atoms with Gasteiger partial charge < -0.3 is 19.3 Å². The summed E-state index contributed by atoms with van der Waals surface area (Å²) >= 11 is 0. The Morgan fingerprint density at radius 2 is 2.19 bits per heavy atom. The Morgan fingerprint density at radius 3 is 2.81 bits per heavy atom.